The number of ether oxygens (including phenoxy) is 1. The number of hydrogen-bond donors (Lipinski definition) is 3. The topological polar surface area (TPSA) is 78.1 Å². The lowest BCUT2D eigenvalue weighted by Gasteiger charge is -2.08. The van der Waals surface area contributed by atoms with Crippen LogP contribution in [0.2, 0.25) is 0 Å². The molecule has 2 aromatic carbocycles. The van der Waals surface area contributed by atoms with Gasteiger partial charge in [-0.25, -0.2) is 5.43 Å². The monoisotopic (exact) mass is 325 g/mol. The fraction of sp³-hybridized carbons (Fsp3) is 0.0625. The Morgan fingerprint density at radius 3 is 2.65 bits per heavy atom. The highest BCUT2D eigenvalue weighted by molar-refractivity contribution is 7.71. The van der Waals surface area contributed by atoms with Crippen LogP contribution in [0.3, 0.4) is 0 Å². The maximum Gasteiger partial charge on any atom is 0.238 e. The van der Waals surface area contributed by atoms with Crippen LogP contribution < -0.4 is 10.2 Å². The molecule has 3 rings (SSSR count). The number of anilines is 1. The molecule has 6 nitrogen and oxygen atoms in total. The second-order valence-corrected chi connectivity index (χ2v) is 5.08. The molecular weight excluding hydrogens is 310 g/mol. The van der Waals surface area contributed by atoms with E-state index < -0.39 is 0 Å². The van der Waals surface area contributed by atoms with Gasteiger partial charge in [-0.1, -0.05) is 42.5 Å². The fourth-order valence-electron chi connectivity index (χ4n) is 1.94. The Hall–Kier alpha value is -2.93. The zero-order chi connectivity index (χ0) is 15.9. The molecule has 3 aromatic rings. The Kier molecular flexibility index (Phi) is 4.80. The van der Waals surface area contributed by atoms with E-state index in [9.17, 15) is 0 Å². The smallest absolute Gasteiger partial charge is 0.238 e. The van der Waals surface area contributed by atoms with Crippen LogP contribution in [0.15, 0.2) is 59.7 Å². The number of nitrogens with one attached hydrogen (secondary N) is 3. The van der Waals surface area contributed by atoms with Gasteiger partial charge in [-0.05, 0) is 29.9 Å². The van der Waals surface area contributed by atoms with Gasteiger partial charge in [0.05, 0.1) is 6.21 Å². The molecule has 3 N–H and O–H groups in total. The zero-order valence-electron chi connectivity index (χ0n) is 12.2. The summed E-state index contributed by atoms with van der Waals surface area (Å²) in [5.41, 5.74) is 4.74. The van der Waals surface area contributed by atoms with Crippen LogP contribution >= 0.6 is 12.2 Å². The summed E-state index contributed by atoms with van der Waals surface area (Å²) in [6, 6.07) is 17.7. The summed E-state index contributed by atoms with van der Waals surface area (Å²) in [6.45, 7) is 0.506. The van der Waals surface area contributed by atoms with Crippen molar-refractivity contribution in [1.29, 1.82) is 0 Å². The first-order valence-electron chi connectivity index (χ1n) is 7.01. The van der Waals surface area contributed by atoms with Gasteiger partial charge in [-0.2, -0.15) is 10.1 Å². The highest BCUT2D eigenvalue weighted by Gasteiger charge is 2.01. The summed E-state index contributed by atoms with van der Waals surface area (Å²) in [7, 11) is 0. The van der Waals surface area contributed by atoms with Gasteiger partial charge in [0.15, 0.2) is 0 Å². The highest BCUT2D eigenvalue weighted by Crippen LogP contribution is 2.17. The largest absolute Gasteiger partial charge is 0.488 e. The van der Waals surface area contributed by atoms with Gasteiger partial charge in [-0.15, -0.1) is 0 Å². The molecule has 0 aliphatic rings. The van der Waals surface area contributed by atoms with Crippen molar-refractivity contribution >= 4 is 24.4 Å². The van der Waals surface area contributed by atoms with Crippen molar-refractivity contribution < 1.29 is 4.74 Å². The van der Waals surface area contributed by atoms with E-state index in [-0.39, 0.29) is 0 Å². The van der Waals surface area contributed by atoms with Crippen LogP contribution in [0.1, 0.15) is 11.1 Å². The van der Waals surface area contributed by atoms with Crippen molar-refractivity contribution in [3.8, 4) is 5.75 Å². The molecule has 23 heavy (non-hydrogen) atoms. The molecule has 0 radical (unpaired) electrons. The van der Waals surface area contributed by atoms with Gasteiger partial charge in [0.25, 0.3) is 0 Å². The summed E-state index contributed by atoms with van der Waals surface area (Å²) < 4.78 is 6.23. The number of rotatable bonds is 6. The van der Waals surface area contributed by atoms with Crippen molar-refractivity contribution in [3.05, 3.63) is 70.5 Å². The molecule has 7 heteroatoms. The maximum absolute atomic E-state index is 5.86. The van der Waals surface area contributed by atoms with Crippen LogP contribution in [0, 0.1) is 4.77 Å². The van der Waals surface area contributed by atoms with Crippen LogP contribution in [-0.4, -0.2) is 21.4 Å². The number of aromatic nitrogens is 3. The van der Waals surface area contributed by atoms with Gasteiger partial charge in [0.2, 0.25) is 10.7 Å². The van der Waals surface area contributed by atoms with Crippen LogP contribution in [0.4, 0.5) is 5.95 Å². The lowest BCUT2D eigenvalue weighted by molar-refractivity contribution is 0.306. The van der Waals surface area contributed by atoms with E-state index in [1.807, 2.05) is 54.6 Å². The molecule has 1 aromatic heterocycles. The summed E-state index contributed by atoms with van der Waals surface area (Å²) in [5, 5.41) is 9.57. The van der Waals surface area contributed by atoms with Crippen molar-refractivity contribution in [1.82, 2.24) is 15.2 Å². The number of benzene rings is 2. The molecule has 0 aliphatic carbocycles. The maximum atomic E-state index is 5.86. The van der Waals surface area contributed by atoms with E-state index in [0.717, 1.165) is 16.9 Å². The molecule has 0 amide bonds. The van der Waals surface area contributed by atoms with E-state index in [0.29, 0.717) is 17.3 Å². The lowest BCUT2D eigenvalue weighted by Crippen LogP contribution is -1.99. The van der Waals surface area contributed by atoms with E-state index in [4.69, 9.17) is 17.0 Å². The van der Waals surface area contributed by atoms with E-state index in [2.05, 4.69) is 25.7 Å². The van der Waals surface area contributed by atoms with Crippen molar-refractivity contribution in [2.24, 2.45) is 5.10 Å². The number of nitrogens with zero attached hydrogens (tertiary/aromatic N) is 2. The molecule has 0 atom stereocenters. The molecule has 0 saturated carbocycles. The summed E-state index contributed by atoms with van der Waals surface area (Å²) in [6.07, 6.45) is 1.67. The third kappa shape index (κ3) is 4.27. The molecule has 116 valence electrons. The van der Waals surface area contributed by atoms with Gasteiger partial charge in [0.1, 0.15) is 12.4 Å². The second-order valence-electron chi connectivity index (χ2n) is 4.70. The predicted molar refractivity (Wildman–Crippen MR) is 92.2 cm³/mol. The van der Waals surface area contributed by atoms with Gasteiger partial charge >= 0.3 is 0 Å². The molecule has 0 bridgehead atoms. The van der Waals surface area contributed by atoms with Gasteiger partial charge < -0.3 is 4.74 Å². The van der Waals surface area contributed by atoms with E-state index >= 15 is 0 Å². The average molecular weight is 325 g/mol. The standard InChI is InChI=1S/C16H15N5OS/c23-16-18-15(20-21-16)19-17-10-13-8-4-5-9-14(13)22-11-12-6-2-1-3-7-12/h1-10H,11H2,(H3,18,19,20,21,23)/b17-10+. The predicted octanol–water partition coefficient (Wildman–Crippen LogP) is 3.49. The van der Waals surface area contributed by atoms with Crippen molar-refractivity contribution in [3.63, 3.8) is 0 Å². The first-order chi connectivity index (χ1) is 11.3. The first-order valence-corrected chi connectivity index (χ1v) is 7.41. The summed E-state index contributed by atoms with van der Waals surface area (Å²) in [4.78, 5) is 3.99. The number of H-pyrrole nitrogens is 2. The third-order valence-electron chi connectivity index (χ3n) is 3.03. The molecular formula is C16H15N5OS. The number of aromatic amines is 2. The second kappa shape index (κ2) is 7.37. The molecule has 0 unspecified atom stereocenters. The summed E-state index contributed by atoms with van der Waals surface area (Å²) >= 11 is 4.87. The first kappa shape index (κ1) is 15.0. The van der Waals surface area contributed by atoms with E-state index in [1.54, 1.807) is 6.21 Å². The quantitative estimate of drug-likeness (QED) is 0.368. The average Bonchev–Trinajstić information content (AvgIpc) is 3.00. The Morgan fingerprint density at radius 2 is 1.87 bits per heavy atom. The molecule has 1 heterocycles. The minimum atomic E-state index is 0.370. The zero-order valence-corrected chi connectivity index (χ0v) is 13.0. The van der Waals surface area contributed by atoms with Crippen LogP contribution in [0.5, 0.6) is 5.75 Å². The third-order valence-corrected chi connectivity index (χ3v) is 3.22. The summed E-state index contributed by atoms with van der Waals surface area (Å²) in [5.74, 6) is 1.21. The fourth-order valence-corrected chi connectivity index (χ4v) is 2.08. The Bertz CT molecular complexity index is 841. The number of hydrazone groups is 1. The molecule has 0 aliphatic heterocycles. The van der Waals surface area contributed by atoms with Crippen LogP contribution in [-0.2, 0) is 6.61 Å². The normalized spacial score (nSPS) is 10.8. The van der Waals surface area contributed by atoms with Gasteiger partial charge in [-0.3, -0.25) is 10.2 Å². The Labute approximate surface area is 138 Å². The van der Waals surface area contributed by atoms with Crippen molar-refractivity contribution in [2.75, 3.05) is 5.43 Å². The van der Waals surface area contributed by atoms with Crippen LogP contribution in [0.25, 0.3) is 0 Å². The minimum absolute atomic E-state index is 0.370. The Morgan fingerprint density at radius 1 is 1.09 bits per heavy atom. The highest BCUT2D eigenvalue weighted by atomic mass is 32.1. The molecule has 0 spiro atoms. The number of hydrogen-bond acceptors (Lipinski definition) is 5. The molecule has 0 saturated heterocycles. The van der Waals surface area contributed by atoms with Gasteiger partial charge in [0, 0.05) is 5.56 Å². The molecule has 0 fully saturated rings. The van der Waals surface area contributed by atoms with E-state index in [1.165, 1.54) is 0 Å². The Balaban J connectivity index is 1.66. The number of para-hydroxylation sites is 1. The SMILES string of the molecule is S=c1nc(N/N=C/c2ccccc2OCc2ccccc2)[nH][nH]1. The minimum Gasteiger partial charge on any atom is -0.488 e. The lowest BCUT2D eigenvalue weighted by atomic mass is 10.2. The van der Waals surface area contributed by atoms with Crippen molar-refractivity contribution in [2.45, 2.75) is 6.61 Å².